The Hall–Kier alpha value is -2.35. The van der Waals surface area contributed by atoms with Crippen LogP contribution in [0.3, 0.4) is 0 Å². The van der Waals surface area contributed by atoms with Crippen LogP contribution in [0.25, 0.3) is 0 Å². The maximum absolute atomic E-state index is 11.7. The lowest BCUT2D eigenvalue weighted by Crippen LogP contribution is -2.40. The summed E-state index contributed by atoms with van der Waals surface area (Å²) in [4.78, 5) is 15.6. The van der Waals surface area contributed by atoms with Crippen molar-refractivity contribution >= 4 is 12.0 Å². The lowest BCUT2D eigenvalue weighted by molar-refractivity contribution is 0.0364. The highest BCUT2D eigenvalue weighted by atomic mass is 16.4. The molecule has 0 radical (unpaired) electrons. The predicted octanol–water partition coefficient (Wildman–Crippen LogP) is 0.746. The van der Waals surface area contributed by atoms with Gasteiger partial charge in [-0.3, -0.25) is 5.32 Å². The minimum atomic E-state index is -1.29. The van der Waals surface area contributed by atoms with Crippen molar-refractivity contribution in [2.24, 2.45) is 7.05 Å². The Morgan fingerprint density at radius 2 is 2.30 bits per heavy atom. The van der Waals surface area contributed by atoms with Crippen molar-refractivity contribution in [1.82, 2.24) is 20.1 Å². The van der Waals surface area contributed by atoms with Crippen molar-refractivity contribution in [3.63, 3.8) is 0 Å². The molecule has 0 aliphatic rings. The van der Waals surface area contributed by atoms with E-state index in [0.29, 0.717) is 17.5 Å². The molecular weight excluding hydrogens is 262 g/mol. The maximum Gasteiger partial charge on any atom is 0.321 e. The van der Waals surface area contributed by atoms with Crippen molar-refractivity contribution in [3.8, 4) is 0 Å². The molecule has 8 heteroatoms. The Labute approximate surface area is 115 Å². The molecule has 0 spiro atoms. The van der Waals surface area contributed by atoms with E-state index >= 15 is 0 Å². The molecule has 0 aliphatic carbocycles. The van der Waals surface area contributed by atoms with E-state index in [1.54, 1.807) is 33.0 Å². The van der Waals surface area contributed by atoms with Crippen LogP contribution in [0, 0.1) is 6.92 Å². The zero-order chi connectivity index (χ0) is 14.8. The molecule has 2 heterocycles. The van der Waals surface area contributed by atoms with Gasteiger partial charge in [0.05, 0.1) is 6.54 Å². The molecule has 0 saturated heterocycles. The summed E-state index contributed by atoms with van der Waals surface area (Å²) in [7, 11) is 1.66. The minimum Gasteiger partial charge on any atom is -0.463 e. The van der Waals surface area contributed by atoms with E-state index in [1.807, 2.05) is 0 Å². The molecule has 0 aliphatic heterocycles. The lowest BCUT2D eigenvalue weighted by Gasteiger charge is -2.21. The molecule has 0 fully saturated rings. The number of rotatable bonds is 4. The van der Waals surface area contributed by atoms with Gasteiger partial charge in [-0.2, -0.15) is 10.1 Å². The molecule has 2 aromatic heterocycles. The topological polar surface area (TPSA) is 105 Å². The normalized spacial score (nSPS) is 13.8. The Morgan fingerprint density at radius 1 is 1.55 bits per heavy atom. The van der Waals surface area contributed by atoms with Gasteiger partial charge in [0.1, 0.15) is 23.4 Å². The number of nitrogens with zero attached hydrogens (tertiary/aromatic N) is 3. The molecule has 8 nitrogen and oxygen atoms in total. The average Bonchev–Trinajstić information content (AvgIpc) is 2.97. The highest BCUT2D eigenvalue weighted by Crippen LogP contribution is 2.21. The van der Waals surface area contributed by atoms with Crippen LogP contribution >= 0.6 is 0 Å². The molecule has 1 unspecified atom stereocenters. The second-order valence-corrected chi connectivity index (χ2v) is 4.70. The first-order valence-corrected chi connectivity index (χ1v) is 6.06. The van der Waals surface area contributed by atoms with Gasteiger partial charge in [0.15, 0.2) is 0 Å². The number of carbonyl (C=O) groups excluding carboxylic acids is 1. The molecular formula is C12H17N5O3. The lowest BCUT2D eigenvalue weighted by atomic mass is 10.0. The van der Waals surface area contributed by atoms with Crippen LogP contribution in [-0.2, 0) is 12.6 Å². The van der Waals surface area contributed by atoms with Gasteiger partial charge in [0.25, 0.3) is 0 Å². The van der Waals surface area contributed by atoms with Crippen LogP contribution in [0.4, 0.5) is 10.7 Å². The number of aliphatic hydroxyl groups is 1. The number of anilines is 1. The summed E-state index contributed by atoms with van der Waals surface area (Å²) >= 11 is 0. The van der Waals surface area contributed by atoms with E-state index < -0.39 is 11.6 Å². The SMILES string of the molecule is Cc1ccc(C(C)(O)CNC(=O)Nc2ncnn2C)o1. The zero-order valence-electron chi connectivity index (χ0n) is 11.5. The van der Waals surface area contributed by atoms with Gasteiger partial charge in [-0.15, -0.1) is 0 Å². The van der Waals surface area contributed by atoms with Crippen LogP contribution in [0.1, 0.15) is 18.4 Å². The smallest absolute Gasteiger partial charge is 0.321 e. The van der Waals surface area contributed by atoms with Crippen LogP contribution in [-0.4, -0.2) is 32.4 Å². The zero-order valence-corrected chi connectivity index (χ0v) is 11.5. The molecule has 108 valence electrons. The molecule has 2 aromatic rings. The number of amides is 2. The molecule has 0 bridgehead atoms. The summed E-state index contributed by atoms with van der Waals surface area (Å²) in [6.07, 6.45) is 1.33. The second kappa shape index (κ2) is 5.33. The highest BCUT2D eigenvalue weighted by molar-refractivity contribution is 5.87. The first kappa shape index (κ1) is 14.1. The highest BCUT2D eigenvalue weighted by Gasteiger charge is 2.27. The van der Waals surface area contributed by atoms with E-state index in [0.717, 1.165) is 0 Å². The summed E-state index contributed by atoms with van der Waals surface area (Å²) in [5.74, 6) is 1.41. The fourth-order valence-electron chi connectivity index (χ4n) is 1.62. The second-order valence-electron chi connectivity index (χ2n) is 4.70. The fourth-order valence-corrected chi connectivity index (χ4v) is 1.62. The fraction of sp³-hybridized carbons (Fsp3) is 0.417. The van der Waals surface area contributed by atoms with E-state index in [1.165, 1.54) is 11.0 Å². The summed E-state index contributed by atoms with van der Waals surface area (Å²) in [5.41, 5.74) is -1.29. The Kier molecular flexibility index (Phi) is 3.75. The van der Waals surface area contributed by atoms with Crippen LogP contribution in [0.15, 0.2) is 22.9 Å². The average molecular weight is 279 g/mol. The van der Waals surface area contributed by atoms with Crippen molar-refractivity contribution in [2.75, 3.05) is 11.9 Å². The van der Waals surface area contributed by atoms with E-state index in [4.69, 9.17) is 4.42 Å². The van der Waals surface area contributed by atoms with Gasteiger partial charge in [-0.1, -0.05) is 0 Å². The molecule has 3 N–H and O–H groups in total. The van der Waals surface area contributed by atoms with Crippen molar-refractivity contribution in [1.29, 1.82) is 0 Å². The number of hydrogen-bond acceptors (Lipinski definition) is 5. The van der Waals surface area contributed by atoms with Gasteiger partial charge >= 0.3 is 6.03 Å². The van der Waals surface area contributed by atoms with Crippen molar-refractivity contribution in [3.05, 3.63) is 30.0 Å². The molecule has 0 saturated carbocycles. The van der Waals surface area contributed by atoms with Gasteiger partial charge in [0.2, 0.25) is 5.95 Å². The minimum absolute atomic E-state index is 0.00361. The number of hydrogen-bond donors (Lipinski definition) is 3. The number of aromatic nitrogens is 3. The first-order valence-electron chi connectivity index (χ1n) is 6.06. The quantitative estimate of drug-likeness (QED) is 0.765. The van der Waals surface area contributed by atoms with Gasteiger partial charge in [-0.25, -0.2) is 9.48 Å². The van der Waals surface area contributed by atoms with E-state index in [9.17, 15) is 9.90 Å². The predicted molar refractivity (Wildman–Crippen MR) is 71.0 cm³/mol. The molecule has 20 heavy (non-hydrogen) atoms. The van der Waals surface area contributed by atoms with Crippen LogP contribution in [0.2, 0.25) is 0 Å². The van der Waals surface area contributed by atoms with Crippen LogP contribution < -0.4 is 10.6 Å². The van der Waals surface area contributed by atoms with Gasteiger partial charge in [-0.05, 0) is 26.0 Å². The molecule has 0 aromatic carbocycles. The van der Waals surface area contributed by atoms with Crippen LogP contribution in [0.5, 0.6) is 0 Å². The number of nitrogens with one attached hydrogen (secondary N) is 2. The van der Waals surface area contributed by atoms with E-state index in [-0.39, 0.29) is 6.54 Å². The Bertz CT molecular complexity index is 602. The summed E-state index contributed by atoms with van der Waals surface area (Å²) < 4.78 is 6.78. The Morgan fingerprint density at radius 3 is 2.85 bits per heavy atom. The largest absolute Gasteiger partial charge is 0.463 e. The molecule has 1 atom stereocenters. The number of urea groups is 1. The molecule has 2 rings (SSSR count). The third-order valence-electron chi connectivity index (χ3n) is 2.80. The standard InChI is InChI=1S/C12H17N5O3/c1-8-4-5-9(20-8)12(2,19)6-13-11(18)16-10-14-7-15-17(10)3/h4-5,7,19H,6H2,1-3H3,(H2,13,14,15,16,18). The summed E-state index contributed by atoms with van der Waals surface area (Å²) in [6.45, 7) is 3.35. The summed E-state index contributed by atoms with van der Waals surface area (Å²) in [5, 5.41) is 19.2. The van der Waals surface area contributed by atoms with E-state index in [2.05, 4.69) is 20.7 Å². The number of carbonyl (C=O) groups is 1. The first-order chi connectivity index (χ1) is 9.38. The van der Waals surface area contributed by atoms with Crippen molar-refractivity contribution in [2.45, 2.75) is 19.4 Å². The third-order valence-corrected chi connectivity index (χ3v) is 2.80. The van der Waals surface area contributed by atoms with Gasteiger partial charge in [0, 0.05) is 7.05 Å². The maximum atomic E-state index is 11.7. The Balaban J connectivity index is 1.91. The molecule has 2 amide bonds. The summed E-state index contributed by atoms with van der Waals surface area (Å²) in [6, 6.07) is 2.95. The third kappa shape index (κ3) is 3.15. The number of aryl methyl sites for hydroxylation is 2. The monoisotopic (exact) mass is 279 g/mol. The van der Waals surface area contributed by atoms with Crippen molar-refractivity contribution < 1.29 is 14.3 Å². The van der Waals surface area contributed by atoms with Gasteiger partial charge < -0.3 is 14.8 Å². The number of furan rings is 1.